The number of halogens is 1. The Kier molecular flexibility index (Phi) is 5.42. The molecule has 3 N–H and O–H groups in total. The van der Waals surface area contributed by atoms with Gasteiger partial charge in [0.25, 0.3) is 5.56 Å². The van der Waals surface area contributed by atoms with Gasteiger partial charge in [-0.1, -0.05) is 35.5 Å². The van der Waals surface area contributed by atoms with Crippen LogP contribution in [0.1, 0.15) is 24.4 Å². The number of hydrogen-bond donors (Lipinski definition) is 2. The lowest BCUT2D eigenvalue weighted by Gasteiger charge is -2.20. The molecule has 6 rings (SSSR count). The Morgan fingerprint density at radius 1 is 1.20 bits per heavy atom. The van der Waals surface area contributed by atoms with Gasteiger partial charge in [-0.3, -0.25) is 14.0 Å². The predicted molar refractivity (Wildman–Crippen MR) is 136 cm³/mol. The molecule has 10 heteroatoms. The molecule has 8 nitrogen and oxygen atoms in total. The number of nitrogens with zero attached hydrogens (tertiary/aromatic N) is 3. The number of rotatable bonds is 6. The van der Waals surface area contributed by atoms with E-state index in [1.165, 1.54) is 6.07 Å². The van der Waals surface area contributed by atoms with Crippen molar-refractivity contribution in [1.29, 1.82) is 0 Å². The van der Waals surface area contributed by atoms with Crippen LogP contribution in [0.5, 0.6) is 0 Å². The second-order valence-electron chi connectivity index (χ2n) is 9.12. The summed E-state index contributed by atoms with van der Waals surface area (Å²) >= 11 is 1.16. The van der Waals surface area contributed by atoms with Crippen molar-refractivity contribution in [3.8, 4) is 0 Å². The van der Waals surface area contributed by atoms with Gasteiger partial charge in [0.05, 0.1) is 23.5 Å². The standard InChI is InChI=1S/C25H24FN5O3S/c26-18-8-17-20(31(16-6-7-16)25-22(23(17)32)24(33)29-35-25)9-21(18)30-11-15(10-27)19(12-30)28-34-13-14-4-2-1-3-5-14/h1-5,8-9,15-16H,6-7,10-13,27H2,(H,29,33)/b28-19-. The molecule has 2 aromatic carbocycles. The summed E-state index contributed by atoms with van der Waals surface area (Å²) in [5.41, 5.74) is 7.95. The van der Waals surface area contributed by atoms with E-state index in [4.69, 9.17) is 10.6 Å². The van der Waals surface area contributed by atoms with Gasteiger partial charge in [-0.25, -0.2) is 4.39 Å². The minimum absolute atomic E-state index is 0.0658. The van der Waals surface area contributed by atoms with Crippen molar-refractivity contribution in [2.24, 2.45) is 16.8 Å². The number of aromatic amines is 1. The van der Waals surface area contributed by atoms with E-state index >= 15 is 4.39 Å². The molecule has 0 bridgehead atoms. The Bertz CT molecular complexity index is 1570. The lowest BCUT2D eigenvalue weighted by atomic mass is 10.1. The maximum atomic E-state index is 15.4. The highest BCUT2D eigenvalue weighted by atomic mass is 32.1. The molecular formula is C25H24FN5O3S. The third-order valence-electron chi connectivity index (χ3n) is 6.75. The maximum absolute atomic E-state index is 15.4. The molecular weight excluding hydrogens is 469 g/mol. The summed E-state index contributed by atoms with van der Waals surface area (Å²) in [4.78, 5) is 33.4. The van der Waals surface area contributed by atoms with Crippen LogP contribution in [0.25, 0.3) is 21.1 Å². The fraction of sp³-hybridized carbons (Fsp3) is 0.320. The lowest BCUT2D eigenvalue weighted by molar-refractivity contribution is 0.129. The molecule has 180 valence electrons. The fourth-order valence-electron chi connectivity index (χ4n) is 4.80. The molecule has 0 spiro atoms. The summed E-state index contributed by atoms with van der Waals surface area (Å²) in [6.45, 7) is 1.59. The third kappa shape index (κ3) is 3.82. The molecule has 1 saturated heterocycles. The number of fused-ring (bicyclic) bond motifs is 2. The number of nitrogens with one attached hydrogen (secondary N) is 1. The smallest absolute Gasteiger partial charge is 0.271 e. The summed E-state index contributed by atoms with van der Waals surface area (Å²) in [6, 6.07) is 12.9. The van der Waals surface area contributed by atoms with Gasteiger partial charge in [-0.15, -0.1) is 0 Å². The van der Waals surface area contributed by atoms with E-state index in [1.54, 1.807) is 6.07 Å². The van der Waals surface area contributed by atoms with Crippen LogP contribution in [0.4, 0.5) is 10.1 Å². The van der Waals surface area contributed by atoms with Crippen molar-refractivity contribution in [3.05, 3.63) is 74.4 Å². The predicted octanol–water partition coefficient (Wildman–Crippen LogP) is 3.35. The molecule has 1 atom stereocenters. The van der Waals surface area contributed by atoms with Crippen LogP contribution in [0.3, 0.4) is 0 Å². The minimum Gasteiger partial charge on any atom is -0.391 e. The van der Waals surface area contributed by atoms with E-state index in [9.17, 15) is 9.59 Å². The molecule has 1 aliphatic carbocycles. The van der Waals surface area contributed by atoms with E-state index in [0.717, 1.165) is 35.6 Å². The quantitative estimate of drug-likeness (QED) is 0.401. The average molecular weight is 494 g/mol. The number of anilines is 1. The number of H-pyrrole nitrogens is 1. The molecule has 2 fully saturated rings. The van der Waals surface area contributed by atoms with Crippen molar-refractivity contribution in [1.82, 2.24) is 8.94 Å². The summed E-state index contributed by atoms with van der Waals surface area (Å²) in [6.07, 6.45) is 1.92. The molecule has 4 aromatic rings. The van der Waals surface area contributed by atoms with Crippen LogP contribution >= 0.6 is 11.5 Å². The van der Waals surface area contributed by atoms with Gasteiger partial charge < -0.3 is 20.0 Å². The first-order chi connectivity index (χ1) is 17.0. The van der Waals surface area contributed by atoms with Crippen LogP contribution in [-0.4, -0.2) is 34.3 Å². The third-order valence-corrected chi connectivity index (χ3v) is 7.64. The number of hydrogen-bond acceptors (Lipinski definition) is 7. The Balaban J connectivity index is 1.37. The molecule has 0 amide bonds. The Hall–Kier alpha value is -3.50. The Labute approximate surface area is 203 Å². The lowest BCUT2D eigenvalue weighted by Crippen LogP contribution is -2.24. The van der Waals surface area contributed by atoms with Crippen LogP contribution < -0.4 is 21.6 Å². The second kappa shape index (κ2) is 8.62. The highest BCUT2D eigenvalue weighted by molar-refractivity contribution is 7.12. The number of nitrogens with two attached hydrogens (primary N) is 1. The first kappa shape index (κ1) is 22.0. The Morgan fingerprint density at radius 2 is 2.00 bits per heavy atom. The van der Waals surface area contributed by atoms with Crippen molar-refractivity contribution < 1.29 is 9.23 Å². The average Bonchev–Trinajstić information content (AvgIpc) is 3.51. The van der Waals surface area contributed by atoms with Crippen LogP contribution in [0, 0.1) is 11.7 Å². The zero-order valence-corrected chi connectivity index (χ0v) is 19.7. The number of aromatic nitrogens is 2. The zero-order chi connectivity index (χ0) is 24.1. The summed E-state index contributed by atoms with van der Waals surface area (Å²) < 4.78 is 20.1. The second-order valence-corrected chi connectivity index (χ2v) is 9.91. The van der Waals surface area contributed by atoms with Gasteiger partial charge >= 0.3 is 0 Å². The van der Waals surface area contributed by atoms with Crippen molar-refractivity contribution >= 4 is 44.1 Å². The van der Waals surface area contributed by atoms with Gasteiger partial charge in [-0.05, 0) is 42.1 Å². The molecule has 2 aliphatic rings. The zero-order valence-electron chi connectivity index (χ0n) is 18.9. The van der Waals surface area contributed by atoms with Gasteiger partial charge in [-0.2, -0.15) is 0 Å². The van der Waals surface area contributed by atoms with Crippen LogP contribution in [-0.2, 0) is 11.4 Å². The Morgan fingerprint density at radius 3 is 2.74 bits per heavy atom. The maximum Gasteiger partial charge on any atom is 0.271 e. The molecule has 1 saturated carbocycles. The first-order valence-corrected chi connectivity index (χ1v) is 12.4. The summed E-state index contributed by atoms with van der Waals surface area (Å²) in [7, 11) is 0. The van der Waals surface area contributed by atoms with E-state index in [0.29, 0.717) is 42.3 Å². The van der Waals surface area contributed by atoms with E-state index < -0.39 is 16.8 Å². The highest BCUT2D eigenvalue weighted by Gasteiger charge is 2.33. The molecule has 1 unspecified atom stereocenters. The topological polar surface area (TPSA) is 106 Å². The van der Waals surface area contributed by atoms with Crippen LogP contribution in [0.2, 0.25) is 0 Å². The van der Waals surface area contributed by atoms with E-state index in [1.807, 2.05) is 39.8 Å². The van der Waals surface area contributed by atoms with Crippen molar-refractivity contribution in [2.45, 2.75) is 25.5 Å². The summed E-state index contributed by atoms with van der Waals surface area (Å²) in [5, 5.41) is 4.67. The monoisotopic (exact) mass is 493 g/mol. The molecule has 3 heterocycles. The van der Waals surface area contributed by atoms with Crippen LogP contribution in [0.15, 0.2) is 57.2 Å². The fourth-order valence-corrected chi connectivity index (χ4v) is 5.72. The van der Waals surface area contributed by atoms with Gasteiger partial charge in [0.2, 0.25) is 5.43 Å². The van der Waals surface area contributed by atoms with E-state index in [2.05, 4.69) is 9.53 Å². The highest BCUT2D eigenvalue weighted by Crippen LogP contribution is 2.41. The number of oxime groups is 1. The molecule has 2 aromatic heterocycles. The van der Waals surface area contributed by atoms with Gasteiger partial charge in [0.1, 0.15) is 22.6 Å². The normalized spacial score (nSPS) is 19.3. The molecule has 1 aliphatic heterocycles. The first-order valence-electron chi connectivity index (χ1n) is 11.6. The summed E-state index contributed by atoms with van der Waals surface area (Å²) in [5.74, 6) is -0.575. The SMILES string of the molecule is NCC1CN(c2cc3c(cc2F)c(=O)c2c(=O)[nH]sc2n3C2CC2)C/C1=N/OCc1ccccc1. The molecule has 0 radical (unpaired) electrons. The van der Waals surface area contributed by atoms with Gasteiger partial charge in [0.15, 0.2) is 0 Å². The number of benzene rings is 2. The largest absolute Gasteiger partial charge is 0.391 e. The van der Waals surface area contributed by atoms with E-state index in [-0.39, 0.29) is 22.7 Å². The number of pyridine rings is 1. The molecule has 35 heavy (non-hydrogen) atoms. The van der Waals surface area contributed by atoms with Crippen molar-refractivity contribution in [2.75, 3.05) is 24.5 Å². The van der Waals surface area contributed by atoms with Crippen molar-refractivity contribution in [3.63, 3.8) is 0 Å². The minimum atomic E-state index is -0.509. The van der Waals surface area contributed by atoms with Gasteiger partial charge in [0, 0.05) is 30.4 Å².